The minimum Gasteiger partial charge on any atom is -0.383 e. The molecule has 3 rings (SSSR count). The molecule has 2 heterocycles. The van der Waals surface area contributed by atoms with Gasteiger partial charge in [0.15, 0.2) is 16.7 Å². The molecule has 0 aromatic carbocycles. The third-order valence-electron chi connectivity index (χ3n) is 4.17. The Morgan fingerprint density at radius 1 is 1.37 bits per heavy atom. The van der Waals surface area contributed by atoms with Crippen LogP contribution in [0.3, 0.4) is 0 Å². The molecule has 2 aromatic heterocycles. The molecule has 0 aliphatic heterocycles. The van der Waals surface area contributed by atoms with E-state index in [0.29, 0.717) is 53.1 Å². The van der Waals surface area contributed by atoms with Crippen molar-refractivity contribution < 1.29 is 19.1 Å². The Labute approximate surface area is 160 Å². The molecule has 2 N–H and O–H groups in total. The van der Waals surface area contributed by atoms with Gasteiger partial charge in [-0.05, 0) is 25.0 Å². The lowest BCUT2D eigenvalue weighted by Gasteiger charge is -2.18. The van der Waals surface area contributed by atoms with Crippen LogP contribution in [0.5, 0.6) is 0 Å². The Morgan fingerprint density at radius 3 is 2.85 bits per heavy atom. The van der Waals surface area contributed by atoms with Gasteiger partial charge < -0.3 is 15.4 Å². The predicted octanol–water partition coefficient (Wildman–Crippen LogP) is 2.18. The number of nitrogens with zero attached hydrogens (tertiary/aromatic N) is 2. The quantitative estimate of drug-likeness (QED) is 0.425. The fourth-order valence-corrected chi connectivity index (χ4v) is 3.92. The van der Waals surface area contributed by atoms with Crippen molar-refractivity contribution in [3.8, 4) is 0 Å². The van der Waals surface area contributed by atoms with E-state index in [1.807, 2.05) is 0 Å². The molecule has 27 heavy (non-hydrogen) atoms. The molecule has 1 amide bonds. The Hall–Kier alpha value is -2.65. The maximum absolute atomic E-state index is 12.8. The van der Waals surface area contributed by atoms with Gasteiger partial charge in [-0.3, -0.25) is 14.4 Å². The molecule has 2 aromatic rings. The van der Waals surface area contributed by atoms with Crippen LogP contribution in [0, 0.1) is 5.92 Å². The van der Waals surface area contributed by atoms with Gasteiger partial charge in [0, 0.05) is 32.3 Å². The number of pyridine rings is 1. The van der Waals surface area contributed by atoms with Crippen molar-refractivity contribution in [2.75, 3.05) is 30.9 Å². The van der Waals surface area contributed by atoms with Crippen LogP contribution in [0.15, 0.2) is 18.3 Å². The SMILES string of the molecule is COCCNc1ccc(C(=O)C2CCc3nc(NC(C)=O)sc3C2=O)cn1. The third-order valence-corrected chi connectivity index (χ3v) is 5.19. The van der Waals surface area contributed by atoms with Crippen LogP contribution in [-0.4, -0.2) is 47.7 Å². The van der Waals surface area contributed by atoms with Crippen molar-refractivity contribution in [3.63, 3.8) is 0 Å². The average molecular weight is 388 g/mol. The zero-order chi connectivity index (χ0) is 19.4. The Morgan fingerprint density at radius 2 is 2.19 bits per heavy atom. The molecule has 0 saturated heterocycles. The predicted molar refractivity (Wildman–Crippen MR) is 101 cm³/mol. The van der Waals surface area contributed by atoms with E-state index in [4.69, 9.17) is 4.74 Å². The van der Waals surface area contributed by atoms with Crippen LogP contribution in [0.25, 0.3) is 0 Å². The second-order valence-corrected chi connectivity index (χ2v) is 7.15. The summed E-state index contributed by atoms with van der Waals surface area (Å²) in [5, 5.41) is 6.06. The van der Waals surface area contributed by atoms with Crippen LogP contribution in [0.1, 0.15) is 39.1 Å². The molecule has 0 saturated carbocycles. The summed E-state index contributed by atoms with van der Waals surface area (Å²) in [7, 11) is 1.62. The minimum absolute atomic E-state index is 0.238. The minimum atomic E-state index is -0.739. The average Bonchev–Trinajstić information content (AvgIpc) is 3.05. The Bertz CT molecular complexity index is 863. The molecule has 0 radical (unpaired) electrons. The van der Waals surface area contributed by atoms with E-state index in [0.717, 1.165) is 11.3 Å². The zero-order valence-corrected chi connectivity index (χ0v) is 15.9. The van der Waals surface area contributed by atoms with E-state index >= 15 is 0 Å². The number of carbonyl (C=O) groups excluding carboxylic acids is 3. The van der Waals surface area contributed by atoms with Crippen molar-refractivity contribution in [3.05, 3.63) is 34.5 Å². The van der Waals surface area contributed by atoms with E-state index in [2.05, 4.69) is 20.6 Å². The number of methoxy groups -OCH3 is 1. The molecule has 9 heteroatoms. The first kappa shape index (κ1) is 19.1. The lowest BCUT2D eigenvalue weighted by molar-refractivity contribution is -0.114. The maximum atomic E-state index is 12.8. The number of aromatic nitrogens is 2. The maximum Gasteiger partial charge on any atom is 0.223 e. The monoisotopic (exact) mass is 388 g/mol. The fraction of sp³-hybridized carbons (Fsp3) is 0.389. The number of hydrogen-bond donors (Lipinski definition) is 2. The zero-order valence-electron chi connectivity index (χ0n) is 15.1. The lowest BCUT2D eigenvalue weighted by Crippen LogP contribution is -2.29. The number of nitrogens with one attached hydrogen (secondary N) is 2. The number of anilines is 2. The van der Waals surface area contributed by atoms with E-state index in [9.17, 15) is 14.4 Å². The topological polar surface area (TPSA) is 110 Å². The number of Topliss-reactive ketones (excluding diaryl/α,β-unsaturated/α-hetero) is 2. The van der Waals surface area contributed by atoms with Crippen molar-refractivity contribution >= 4 is 39.8 Å². The first-order chi connectivity index (χ1) is 13.0. The second kappa shape index (κ2) is 8.36. The number of rotatable bonds is 7. The molecule has 1 aliphatic carbocycles. The van der Waals surface area contributed by atoms with Gasteiger partial charge in [0.05, 0.1) is 23.1 Å². The van der Waals surface area contributed by atoms with Crippen LogP contribution in [-0.2, 0) is 16.0 Å². The van der Waals surface area contributed by atoms with E-state index < -0.39 is 5.92 Å². The van der Waals surface area contributed by atoms with Gasteiger partial charge in [-0.1, -0.05) is 11.3 Å². The number of ether oxygens (including phenoxy) is 1. The lowest BCUT2D eigenvalue weighted by atomic mass is 9.84. The summed E-state index contributed by atoms with van der Waals surface area (Å²) in [4.78, 5) is 45.7. The molecule has 142 valence electrons. The first-order valence-corrected chi connectivity index (χ1v) is 9.36. The molecule has 0 bridgehead atoms. The molecule has 1 unspecified atom stereocenters. The molecule has 8 nitrogen and oxygen atoms in total. The molecule has 1 aliphatic rings. The highest BCUT2D eigenvalue weighted by molar-refractivity contribution is 7.17. The number of hydrogen-bond acceptors (Lipinski definition) is 8. The summed E-state index contributed by atoms with van der Waals surface area (Å²) in [6, 6.07) is 3.38. The van der Waals surface area contributed by atoms with Crippen LogP contribution < -0.4 is 10.6 Å². The highest BCUT2D eigenvalue weighted by Crippen LogP contribution is 2.33. The highest BCUT2D eigenvalue weighted by atomic mass is 32.1. The Balaban J connectivity index is 1.71. The van der Waals surface area contributed by atoms with E-state index in [1.165, 1.54) is 13.1 Å². The first-order valence-electron chi connectivity index (χ1n) is 8.54. The van der Waals surface area contributed by atoms with Gasteiger partial charge in [-0.15, -0.1) is 0 Å². The normalized spacial score (nSPS) is 15.9. The summed E-state index contributed by atoms with van der Waals surface area (Å²) in [5.41, 5.74) is 1.05. The van der Waals surface area contributed by atoms with Crippen LogP contribution >= 0.6 is 11.3 Å². The number of ketones is 2. The van der Waals surface area contributed by atoms with Crippen molar-refractivity contribution in [1.82, 2.24) is 9.97 Å². The van der Waals surface area contributed by atoms with Gasteiger partial charge >= 0.3 is 0 Å². The standard InChI is InChI=1S/C18H20N4O4S/c1-10(23)21-18-22-13-5-4-12(16(25)17(13)27-18)15(24)11-3-6-14(20-9-11)19-7-8-26-2/h3,6,9,12H,4-5,7-8H2,1-2H3,(H,19,20)(H,21,22,23). The number of carbonyl (C=O) groups is 3. The summed E-state index contributed by atoms with van der Waals surface area (Å²) < 4.78 is 4.96. The fourth-order valence-electron chi connectivity index (χ4n) is 2.86. The van der Waals surface area contributed by atoms with Crippen LogP contribution in [0.2, 0.25) is 0 Å². The summed E-state index contributed by atoms with van der Waals surface area (Å²) >= 11 is 1.12. The summed E-state index contributed by atoms with van der Waals surface area (Å²) in [5.74, 6) is -0.819. The third kappa shape index (κ3) is 4.37. The molecule has 0 fully saturated rings. The summed E-state index contributed by atoms with van der Waals surface area (Å²) in [6.45, 7) is 2.55. The van der Waals surface area contributed by atoms with Gasteiger partial charge in [0.2, 0.25) is 5.91 Å². The number of fused-ring (bicyclic) bond motifs is 1. The molecular weight excluding hydrogens is 368 g/mol. The van der Waals surface area contributed by atoms with Crippen LogP contribution in [0.4, 0.5) is 10.9 Å². The molecule has 0 spiro atoms. The summed E-state index contributed by atoms with van der Waals surface area (Å²) in [6.07, 6.45) is 2.41. The van der Waals surface area contributed by atoms with Crippen molar-refractivity contribution in [2.24, 2.45) is 5.92 Å². The van der Waals surface area contributed by atoms with E-state index in [-0.39, 0.29) is 17.5 Å². The second-order valence-electron chi connectivity index (χ2n) is 6.15. The van der Waals surface area contributed by atoms with Gasteiger partial charge in [0.25, 0.3) is 0 Å². The van der Waals surface area contributed by atoms with Crippen molar-refractivity contribution in [2.45, 2.75) is 19.8 Å². The van der Waals surface area contributed by atoms with Gasteiger partial charge in [-0.2, -0.15) is 0 Å². The smallest absolute Gasteiger partial charge is 0.223 e. The number of amides is 1. The molecule has 1 atom stereocenters. The Kier molecular flexibility index (Phi) is 5.92. The van der Waals surface area contributed by atoms with E-state index in [1.54, 1.807) is 19.2 Å². The van der Waals surface area contributed by atoms with Crippen molar-refractivity contribution in [1.29, 1.82) is 0 Å². The number of thiazole rings is 1. The van der Waals surface area contributed by atoms with Gasteiger partial charge in [-0.25, -0.2) is 9.97 Å². The molecular formula is C18H20N4O4S. The largest absolute Gasteiger partial charge is 0.383 e. The number of aryl methyl sites for hydroxylation is 1. The highest BCUT2D eigenvalue weighted by Gasteiger charge is 2.36. The van der Waals surface area contributed by atoms with Gasteiger partial charge in [0.1, 0.15) is 5.82 Å².